The molecule has 0 saturated heterocycles. The lowest BCUT2D eigenvalue weighted by molar-refractivity contribution is 0.174. The quantitative estimate of drug-likeness (QED) is 0.402. The van der Waals surface area contributed by atoms with Crippen molar-refractivity contribution >= 4 is 29.7 Å². The number of benzene rings is 2. The predicted octanol–water partition coefficient (Wildman–Crippen LogP) is 4.25. The number of ether oxygens (including phenoxy) is 2. The summed E-state index contributed by atoms with van der Waals surface area (Å²) in [6, 6.07) is 11.8. The molecule has 0 unspecified atom stereocenters. The van der Waals surface area contributed by atoms with E-state index in [0.29, 0.717) is 23.6 Å². The highest BCUT2D eigenvalue weighted by Gasteiger charge is 2.14. The summed E-state index contributed by atoms with van der Waals surface area (Å²) < 4.78 is 10.8. The molecule has 3 aromatic rings. The fourth-order valence-electron chi connectivity index (χ4n) is 3.27. The molecule has 0 aliphatic carbocycles. The molecule has 0 radical (unpaired) electrons. The Morgan fingerprint density at radius 2 is 1.75 bits per heavy atom. The van der Waals surface area contributed by atoms with Crippen molar-refractivity contribution in [2.75, 3.05) is 35.5 Å². The van der Waals surface area contributed by atoms with E-state index in [0.717, 1.165) is 41.2 Å². The van der Waals surface area contributed by atoms with Gasteiger partial charge in [0, 0.05) is 18.8 Å². The highest BCUT2D eigenvalue weighted by Crippen LogP contribution is 2.32. The van der Waals surface area contributed by atoms with E-state index in [1.54, 1.807) is 6.21 Å². The summed E-state index contributed by atoms with van der Waals surface area (Å²) in [5.74, 6) is 2.83. The zero-order valence-corrected chi connectivity index (χ0v) is 18.7. The van der Waals surface area contributed by atoms with Crippen LogP contribution in [0.25, 0.3) is 0 Å². The molecule has 0 spiro atoms. The number of aryl methyl sites for hydroxylation is 2. The minimum Gasteiger partial charge on any atom is -0.454 e. The Hall–Kier alpha value is -3.88. The third kappa shape index (κ3) is 4.88. The van der Waals surface area contributed by atoms with Crippen LogP contribution in [0.4, 0.5) is 23.5 Å². The van der Waals surface area contributed by atoms with Crippen LogP contribution in [0.5, 0.6) is 11.5 Å². The number of rotatable bonds is 8. The molecule has 9 heteroatoms. The second-order valence-corrected chi connectivity index (χ2v) is 7.38. The molecule has 2 heterocycles. The maximum absolute atomic E-state index is 5.41. The Balaban J connectivity index is 1.58. The molecular weight excluding hydrogens is 406 g/mol. The largest absolute Gasteiger partial charge is 0.454 e. The molecule has 0 saturated carbocycles. The fourth-order valence-corrected chi connectivity index (χ4v) is 3.27. The summed E-state index contributed by atoms with van der Waals surface area (Å²) in [5.41, 5.74) is 7.01. The molecule has 0 atom stereocenters. The lowest BCUT2D eigenvalue weighted by Gasteiger charge is -2.19. The molecular formula is C23H27N7O2. The van der Waals surface area contributed by atoms with Crippen molar-refractivity contribution in [1.82, 2.24) is 15.0 Å². The van der Waals surface area contributed by atoms with Gasteiger partial charge in [0.05, 0.1) is 6.21 Å². The van der Waals surface area contributed by atoms with Crippen molar-refractivity contribution in [3.05, 3.63) is 53.1 Å². The first-order chi connectivity index (χ1) is 15.6. The van der Waals surface area contributed by atoms with Gasteiger partial charge in [-0.25, -0.2) is 5.43 Å². The molecule has 9 nitrogen and oxygen atoms in total. The maximum Gasteiger partial charge on any atom is 0.250 e. The van der Waals surface area contributed by atoms with Crippen LogP contribution < -0.4 is 25.1 Å². The molecule has 0 bridgehead atoms. The third-order valence-corrected chi connectivity index (χ3v) is 5.08. The monoisotopic (exact) mass is 433 g/mol. The van der Waals surface area contributed by atoms with Crippen molar-refractivity contribution < 1.29 is 9.47 Å². The van der Waals surface area contributed by atoms with Crippen LogP contribution >= 0.6 is 0 Å². The lowest BCUT2D eigenvalue weighted by Crippen LogP contribution is -2.25. The van der Waals surface area contributed by atoms with E-state index in [4.69, 9.17) is 9.47 Å². The van der Waals surface area contributed by atoms with E-state index >= 15 is 0 Å². The summed E-state index contributed by atoms with van der Waals surface area (Å²) >= 11 is 0. The molecule has 166 valence electrons. The molecule has 2 N–H and O–H groups in total. The smallest absolute Gasteiger partial charge is 0.250 e. The molecule has 0 amide bonds. The highest BCUT2D eigenvalue weighted by molar-refractivity contribution is 5.81. The van der Waals surface area contributed by atoms with E-state index in [-0.39, 0.29) is 6.79 Å². The normalized spacial score (nSPS) is 12.2. The zero-order chi connectivity index (χ0) is 22.5. The van der Waals surface area contributed by atoms with Crippen LogP contribution in [0.3, 0.4) is 0 Å². The first-order valence-corrected chi connectivity index (χ1v) is 10.6. The SMILES string of the molecule is CCN(CC)c1nc(N/N=C\c2ccc3c(c2)OCO3)nc(Nc2cc(C)ccc2C)n1. The van der Waals surface area contributed by atoms with Crippen molar-refractivity contribution in [1.29, 1.82) is 0 Å². The Morgan fingerprint density at radius 3 is 2.56 bits per heavy atom. The van der Waals surface area contributed by atoms with E-state index in [1.807, 2.05) is 25.1 Å². The molecule has 1 aromatic heterocycles. The van der Waals surface area contributed by atoms with E-state index < -0.39 is 0 Å². The predicted molar refractivity (Wildman–Crippen MR) is 126 cm³/mol. The minimum absolute atomic E-state index is 0.239. The average Bonchev–Trinajstić information content (AvgIpc) is 3.25. The zero-order valence-electron chi connectivity index (χ0n) is 18.7. The topological polar surface area (TPSA) is 96.8 Å². The number of hydrogen-bond acceptors (Lipinski definition) is 9. The van der Waals surface area contributed by atoms with Crippen LogP contribution in [-0.4, -0.2) is 41.0 Å². The van der Waals surface area contributed by atoms with E-state index in [2.05, 4.69) is 74.7 Å². The maximum atomic E-state index is 5.41. The van der Waals surface area contributed by atoms with Crippen molar-refractivity contribution in [3.63, 3.8) is 0 Å². The second-order valence-electron chi connectivity index (χ2n) is 7.38. The van der Waals surface area contributed by atoms with Gasteiger partial charge in [0.2, 0.25) is 24.6 Å². The first kappa shape index (κ1) is 21.4. The number of fused-ring (bicyclic) bond motifs is 1. The van der Waals surface area contributed by atoms with E-state index in [9.17, 15) is 0 Å². The number of nitrogens with zero attached hydrogens (tertiary/aromatic N) is 5. The second kappa shape index (κ2) is 9.51. The van der Waals surface area contributed by atoms with Gasteiger partial charge in [0.25, 0.3) is 0 Å². The summed E-state index contributed by atoms with van der Waals surface area (Å²) in [6.45, 7) is 10.0. The summed E-state index contributed by atoms with van der Waals surface area (Å²) in [5, 5.41) is 7.62. The van der Waals surface area contributed by atoms with Crippen LogP contribution in [-0.2, 0) is 0 Å². The number of hydrogen-bond donors (Lipinski definition) is 2. The lowest BCUT2D eigenvalue weighted by atomic mass is 10.1. The van der Waals surface area contributed by atoms with Gasteiger partial charge >= 0.3 is 0 Å². The average molecular weight is 434 g/mol. The van der Waals surface area contributed by atoms with Gasteiger partial charge in [-0.1, -0.05) is 12.1 Å². The molecule has 32 heavy (non-hydrogen) atoms. The van der Waals surface area contributed by atoms with Crippen LogP contribution in [0.15, 0.2) is 41.5 Å². The fraction of sp³-hybridized carbons (Fsp3) is 0.304. The molecule has 2 aromatic carbocycles. The van der Waals surface area contributed by atoms with E-state index in [1.165, 1.54) is 0 Å². The first-order valence-electron chi connectivity index (χ1n) is 10.6. The Morgan fingerprint density at radius 1 is 0.969 bits per heavy atom. The Labute approximate surface area is 187 Å². The Kier molecular flexibility index (Phi) is 6.34. The van der Waals surface area contributed by atoms with Gasteiger partial charge in [-0.05, 0) is 68.7 Å². The van der Waals surface area contributed by atoms with Crippen LogP contribution in [0.1, 0.15) is 30.5 Å². The van der Waals surface area contributed by atoms with Gasteiger partial charge in [-0.3, -0.25) is 0 Å². The van der Waals surface area contributed by atoms with Crippen LogP contribution in [0, 0.1) is 13.8 Å². The highest BCUT2D eigenvalue weighted by atomic mass is 16.7. The molecule has 1 aliphatic heterocycles. The Bertz CT molecular complexity index is 1130. The standard InChI is InChI=1S/C23H27N7O2/c1-5-30(6-2)23-27-21(25-18-11-15(3)7-8-16(18)4)26-22(28-23)29-24-13-17-9-10-19-20(12-17)32-14-31-19/h7-13H,5-6,14H2,1-4H3,(H2,25,26,27,28,29)/b24-13-. The van der Waals surface area contributed by atoms with Crippen molar-refractivity contribution in [2.45, 2.75) is 27.7 Å². The number of anilines is 4. The van der Waals surface area contributed by atoms with Gasteiger partial charge in [0.1, 0.15) is 0 Å². The minimum atomic E-state index is 0.239. The van der Waals surface area contributed by atoms with Gasteiger partial charge < -0.3 is 19.7 Å². The van der Waals surface area contributed by atoms with Gasteiger partial charge in [-0.2, -0.15) is 20.1 Å². The summed E-state index contributed by atoms with van der Waals surface area (Å²) in [4.78, 5) is 15.7. The molecule has 4 rings (SSSR count). The summed E-state index contributed by atoms with van der Waals surface area (Å²) in [6.07, 6.45) is 1.68. The summed E-state index contributed by atoms with van der Waals surface area (Å²) in [7, 11) is 0. The number of hydrazone groups is 1. The third-order valence-electron chi connectivity index (χ3n) is 5.08. The number of aromatic nitrogens is 3. The van der Waals surface area contributed by atoms with Crippen molar-refractivity contribution in [2.24, 2.45) is 5.10 Å². The van der Waals surface area contributed by atoms with Crippen LogP contribution in [0.2, 0.25) is 0 Å². The van der Waals surface area contributed by atoms with Gasteiger partial charge in [-0.15, -0.1) is 0 Å². The molecule has 0 fully saturated rings. The van der Waals surface area contributed by atoms with Crippen molar-refractivity contribution in [3.8, 4) is 11.5 Å². The number of nitrogens with one attached hydrogen (secondary N) is 2. The van der Waals surface area contributed by atoms with Gasteiger partial charge in [0.15, 0.2) is 11.5 Å². The molecule has 1 aliphatic rings.